The Kier molecular flexibility index (Phi) is 7.09. The number of hydrogen-bond donors (Lipinski definition) is 2. The highest BCUT2D eigenvalue weighted by molar-refractivity contribution is 4.85. The van der Waals surface area contributed by atoms with E-state index in [1.807, 2.05) is 0 Å². The number of aliphatic hydroxyl groups is 1. The fourth-order valence-corrected chi connectivity index (χ4v) is 2.89. The summed E-state index contributed by atoms with van der Waals surface area (Å²) in [5.74, 6) is 0.832. The molecule has 0 aromatic heterocycles. The van der Waals surface area contributed by atoms with Gasteiger partial charge in [0.15, 0.2) is 0 Å². The number of hydrogen-bond acceptors (Lipinski definition) is 3. The molecule has 1 saturated heterocycles. The lowest BCUT2D eigenvalue weighted by Crippen LogP contribution is -2.52. The molecule has 3 atom stereocenters. The second-order valence-corrected chi connectivity index (χ2v) is 5.48. The van der Waals surface area contributed by atoms with Crippen LogP contribution in [-0.2, 0) is 0 Å². The van der Waals surface area contributed by atoms with E-state index in [0.29, 0.717) is 12.1 Å². The second-order valence-electron chi connectivity index (χ2n) is 5.48. The molecule has 1 aliphatic rings. The fraction of sp³-hybridized carbons (Fsp3) is 1.00. The van der Waals surface area contributed by atoms with Crippen molar-refractivity contribution in [2.75, 3.05) is 26.2 Å². The van der Waals surface area contributed by atoms with Gasteiger partial charge in [-0.25, -0.2) is 0 Å². The molecule has 2 N–H and O–H groups in total. The van der Waals surface area contributed by atoms with Crippen LogP contribution in [0.4, 0.5) is 0 Å². The highest BCUT2D eigenvalue weighted by Gasteiger charge is 2.28. The van der Waals surface area contributed by atoms with Crippen molar-refractivity contribution in [1.82, 2.24) is 10.2 Å². The number of rotatable bonds is 7. The molecule has 0 radical (unpaired) electrons. The minimum atomic E-state index is 0.248. The molecule has 0 saturated carbocycles. The topological polar surface area (TPSA) is 35.5 Å². The maximum atomic E-state index is 8.91. The summed E-state index contributed by atoms with van der Waals surface area (Å²) in [6.45, 7) is 10.3. The number of aliphatic hydroxyl groups excluding tert-OH is 1. The van der Waals surface area contributed by atoms with Gasteiger partial charge in [0.1, 0.15) is 0 Å². The van der Waals surface area contributed by atoms with Gasteiger partial charge in [0, 0.05) is 31.7 Å². The Hall–Kier alpha value is -0.120. The third kappa shape index (κ3) is 4.94. The van der Waals surface area contributed by atoms with E-state index in [2.05, 4.69) is 31.0 Å². The van der Waals surface area contributed by atoms with Crippen molar-refractivity contribution in [3.05, 3.63) is 0 Å². The van der Waals surface area contributed by atoms with Gasteiger partial charge in [-0.05, 0) is 32.1 Å². The summed E-state index contributed by atoms with van der Waals surface area (Å²) in [6, 6.07) is 1.26. The van der Waals surface area contributed by atoms with Crippen LogP contribution >= 0.6 is 0 Å². The number of nitrogens with zero attached hydrogens (tertiary/aromatic N) is 1. The second kappa shape index (κ2) is 8.06. The molecule has 3 heteroatoms. The molecule has 0 bridgehead atoms. The van der Waals surface area contributed by atoms with E-state index in [9.17, 15) is 0 Å². The van der Waals surface area contributed by atoms with Gasteiger partial charge >= 0.3 is 0 Å². The molecule has 1 aliphatic heterocycles. The van der Waals surface area contributed by atoms with Gasteiger partial charge in [0.25, 0.3) is 0 Å². The molecule has 0 aromatic carbocycles. The zero-order valence-corrected chi connectivity index (χ0v) is 11.8. The molecule has 3 nitrogen and oxygen atoms in total. The van der Waals surface area contributed by atoms with Crippen LogP contribution in [0.25, 0.3) is 0 Å². The first kappa shape index (κ1) is 14.9. The average Bonchev–Trinajstić information content (AvgIpc) is 2.35. The van der Waals surface area contributed by atoms with E-state index in [-0.39, 0.29) is 6.61 Å². The van der Waals surface area contributed by atoms with E-state index in [1.54, 1.807) is 0 Å². The van der Waals surface area contributed by atoms with Crippen LogP contribution in [0.2, 0.25) is 0 Å². The molecule has 102 valence electrons. The molecule has 0 aromatic rings. The van der Waals surface area contributed by atoms with E-state index in [4.69, 9.17) is 5.11 Å². The normalized spacial score (nSPS) is 28.2. The highest BCUT2D eigenvalue weighted by atomic mass is 16.3. The Balaban J connectivity index is 2.49. The Labute approximate surface area is 107 Å². The molecule has 1 rings (SSSR count). The Bertz CT molecular complexity index is 199. The van der Waals surface area contributed by atoms with Crippen LogP contribution in [0.15, 0.2) is 0 Å². The van der Waals surface area contributed by atoms with Crippen molar-refractivity contribution in [1.29, 1.82) is 0 Å². The lowest BCUT2D eigenvalue weighted by atomic mass is 9.89. The van der Waals surface area contributed by atoms with Crippen LogP contribution < -0.4 is 5.32 Å². The molecule has 1 heterocycles. The van der Waals surface area contributed by atoms with Crippen LogP contribution in [0, 0.1) is 5.92 Å². The molecule has 1 fully saturated rings. The van der Waals surface area contributed by atoms with E-state index in [1.165, 1.54) is 32.2 Å². The van der Waals surface area contributed by atoms with Crippen LogP contribution in [0.3, 0.4) is 0 Å². The summed E-state index contributed by atoms with van der Waals surface area (Å²) in [5, 5.41) is 12.4. The average molecular weight is 242 g/mol. The van der Waals surface area contributed by atoms with Crippen molar-refractivity contribution >= 4 is 0 Å². The summed E-state index contributed by atoms with van der Waals surface area (Å²) in [6.07, 6.45) is 5.13. The molecule has 0 spiro atoms. The molecule has 0 amide bonds. The Morgan fingerprint density at radius 2 is 2.12 bits per heavy atom. The highest BCUT2D eigenvalue weighted by Crippen LogP contribution is 2.23. The minimum Gasteiger partial charge on any atom is -0.395 e. The molecule has 17 heavy (non-hydrogen) atoms. The lowest BCUT2D eigenvalue weighted by Gasteiger charge is -2.41. The van der Waals surface area contributed by atoms with Gasteiger partial charge in [0.05, 0.1) is 6.61 Å². The number of nitrogens with one attached hydrogen (secondary N) is 1. The van der Waals surface area contributed by atoms with Gasteiger partial charge in [-0.2, -0.15) is 0 Å². The molecule has 3 unspecified atom stereocenters. The quantitative estimate of drug-likeness (QED) is 0.715. The monoisotopic (exact) mass is 242 g/mol. The third-order valence-corrected chi connectivity index (χ3v) is 4.02. The first-order valence-electron chi connectivity index (χ1n) is 7.29. The van der Waals surface area contributed by atoms with Crippen molar-refractivity contribution < 1.29 is 5.11 Å². The molecular weight excluding hydrogens is 212 g/mol. The number of likely N-dealkylation sites (tertiary alicyclic amines) is 1. The minimum absolute atomic E-state index is 0.248. The van der Waals surface area contributed by atoms with Gasteiger partial charge in [-0.15, -0.1) is 0 Å². The summed E-state index contributed by atoms with van der Waals surface area (Å²) >= 11 is 0. The van der Waals surface area contributed by atoms with Crippen LogP contribution in [0.5, 0.6) is 0 Å². The maximum absolute atomic E-state index is 8.91. The zero-order chi connectivity index (χ0) is 12.7. The fourth-order valence-electron chi connectivity index (χ4n) is 2.89. The molecule has 0 aliphatic carbocycles. The van der Waals surface area contributed by atoms with Gasteiger partial charge in [-0.1, -0.05) is 20.3 Å². The third-order valence-electron chi connectivity index (χ3n) is 4.02. The van der Waals surface area contributed by atoms with Crippen LogP contribution in [0.1, 0.15) is 46.5 Å². The zero-order valence-electron chi connectivity index (χ0n) is 11.8. The van der Waals surface area contributed by atoms with Crippen molar-refractivity contribution in [3.8, 4) is 0 Å². The molecular formula is C14H30N2O. The van der Waals surface area contributed by atoms with Crippen molar-refractivity contribution in [3.63, 3.8) is 0 Å². The number of piperidine rings is 1. The van der Waals surface area contributed by atoms with Gasteiger partial charge in [0.2, 0.25) is 0 Å². The summed E-state index contributed by atoms with van der Waals surface area (Å²) in [7, 11) is 0. The van der Waals surface area contributed by atoms with Crippen molar-refractivity contribution in [2.45, 2.75) is 58.5 Å². The summed E-state index contributed by atoms with van der Waals surface area (Å²) in [5.41, 5.74) is 0. The maximum Gasteiger partial charge on any atom is 0.0556 e. The van der Waals surface area contributed by atoms with E-state index in [0.717, 1.165) is 19.0 Å². The SMILES string of the molecule is CCCC1CC(NCCO)CN(C(C)CC)C1. The summed E-state index contributed by atoms with van der Waals surface area (Å²) in [4.78, 5) is 2.62. The Morgan fingerprint density at radius 3 is 2.71 bits per heavy atom. The predicted molar refractivity (Wildman–Crippen MR) is 73.2 cm³/mol. The van der Waals surface area contributed by atoms with Gasteiger partial charge in [-0.3, -0.25) is 4.90 Å². The standard InChI is InChI=1S/C14H30N2O/c1-4-6-13-9-14(15-7-8-17)11-16(10-13)12(3)5-2/h12-15,17H,4-11H2,1-3H3. The lowest BCUT2D eigenvalue weighted by molar-refractivity contribution is 0.0960. The predicted octanol–water partition coefficient (Wildman–Crippen LogP) is 1.86. The van der Waals surface area contributed by atoms with Crippen LogP contribution in [-0.4, -0.2) is 48.3 Å². The first-order chi connectivity index (χ1) is 8.21. The first-order valence-corrected chi connectivity index (χ1v) is 7.29. The van der Waals surface area contributed by atoms with E-state index < -0.39 is 0 Å². The van der Waals surface area contributed by atoms with E-state index >= 15 is 0 Å². The summed E-state index contributed by atoms with van der Waals surface area (Å²) < 4.78 is 0. The van der Waals surface area contributed by atoms with Crippen molar-refractivity contribution in [2.24, 2.45) is 5.92 Å². The largest absolute Gasteiger partial charge is 0.395 e. The smallest absolute Gasteiger partial charge is 0.0556 e. The van der Waals surface area contributed by atoms with Gasteiger partial charge < -0.3 is 10.4 Å². The Morgan fingerprint density at radius 1 is 1.35 bits per heavy atom.